The third kappa shape index (κ3) is 4.73. The molecule has 1 aliphatic rings. The standard InChI is InChI=1S/C18H22FN5O/c1-22(13-15-4-2-5-16(19)12-15)14-17(25)23-8-10-24(11-9-23)18-20-6-3-7-21-18/h2-7,12H,8-11,13-14H2,1H3. The predicted molar refractivity (Wildman–Crippen MR) is 93.6 cm³/mol. The molecule has 1 aromatic carbocycles. The molecule has 6 nitrogen and oxygen atoms in total. The molecule has 1 fully saturated rings. The highest BCUT2D eigenvalue weighted by Gasteiger charge is 2.23. The Morgan fingerprint density at radius 3 is 2.56 bits per heavy atom. The maximum atomic E-state index is 13.2. The number of rotatable bonds is 5. The van der Waals surface area contributed by atoms with Gasteiger partial charge < -0.3 is 9.80 Å². The molecule has 7 heteroatoms. The number of carbonyl (C=O) groups excluding carboxylic acids is 1. The monoisotopic (exact) mass is 343 g/mol. The number of nitrogens with zero attached hydrogens (tertiary/aromatic N) is 5. The lowest BCUT2D eigenvalue weighted by Gasteiger charge is -2.35. The van der Waals surface area contributed by atoms with Gasteiger partial charge in [-0.15, -0.1) is 0 Å². The van der Waals surface area contributed by atoms with Crippen LogP contribution in [-0.4, -0.2) is 65.4 Å². The first kappa shape index (κ1) is 17.3. The van der Waals surface area contributed by atoms with Gasteiger partial charge in [0.1, 0.15) is 5.82 Å². The van der Waals surface area contributed by atoms with Crippen LogP contribution in [0.3, 0.4) is 0 Å². The van der Waals surface area contributed by atoms with Crippen molar-refractivity contribution in [3.05, 3.63) is 54.1 Å². The molecule has 0 spiro atoms. The van der Waals surface area contributed by atoms with E-state index in [2.05, 4.69) is 14.9 Å². The fraction of sp³-hybridized carbons (Fsp3) is 0.389. The average Bonchev–Trinajstić information content (AvgIpc) is 2.62. The summed E-state index contributed by atoms with van der Waals surface area (Å²) >= 11 is 0. The van der Waals surface area contributed by atoms with Crippen LogP contribution in [0.2, 0.25) is 0 Å². The van der Waals surface area contributed by atoms with Crippen molar-refractivity contribution in [1.29, 1.82) is 0 Å². The minimum absolute atomic E-state index is 0.0903. The number of hydrogen-bond acceptors (Lipinski definition) is 5. The zero-order chi connectivity index (χ0) is 17.6. The van der Waals surface area contributed by atoms with Crippen molar-refractivity contribution in [2.24, 2.45) is 0 Å². The van der Waals surface area contributed by atoms with E-state index in [4.69, 9.17) is 0 Å². The Labute approximate surface area is 146 Å². The molecule has 1 amide bonds. The molecule has 3 rings (SSSR count). The highest BCUT2D eigenvalue weighted by molar-refractivity contribution is 5.78. The Bertz CT molecular complexity index is 704. The molecule has 2 aromatic rings. The minimum atomic E-state index is -0.253. The molecular formula is C18H22FN5O. The summed E-state index contributed by atoms with van der Waals surface area (Å²) in [6.07, 6.45) is 3.45. The van der Waals surface area contributed by atoms with E-state index in [0.717, 1.165) is 18.7 Å². The third-order valence-corrected chi connectivity index (χ3v) is 4.21. The molecule has 0 N–H and O–H groups in total. The van der Waals surface area contributed by atoms with E-state index in [0.29, 0.717) is 32.1 Å². The second-order valence-corrected chi connectivity index (χ2v) is 6.22. The molecule has 2 heterocycles. The largest absolute Gasteiger partial charge is 0.338 e. The van der Waals surface area contributed by atoms with Gasteiger partial charge in [-0.05, 0) is 30.8 Å². The van der Waals surface area contributed by atoms with Gasteiger partial charge in [0.25, 0.3) is 0 Å². The van der Waals surface area contributed by atoms with Gasteiger partial charge in [0, 0.05) is 45.1 Å². The number of likely N-dealkylation sites (N-methyl/N-ethyl adjacent to an activating group) is 1. The van der Waals surface area contributed by atoms with E-state index in [1.165, 1.54) is 12.1 Å². The molecule has 0 radical (unpaired) electrons. The zero-order valence-electron chi connectivity index (χ0n) is 14.3. The fourth-order valence-corrected chi connectivity index (χ4v) is 2.94. The third-order valence-electron chi connectivity index (χ3n) is 4.21. The van der Waals surface area contributed by atoms with Crippen molar-refractivity contribution in [1.82, 2.24) is 19.8 Å². The summed E-state index contributed by atoms with van der Waals surface area (Å²) < 4.78 is 13.2. The lowest BCUT2D eigenvalue weighted by atomic mass is 10.2. The van der Waals surface area contributed by atoms with E-state index in [1.807, 2.05) is 22.9 Å². The number of carbonyl (C=O) groups is 1. The van der Waals surface area contributed by atoms with Crippen LogP contribution in [0.15, 0.2) is 42.7 Å². The van der Waals surface area contributed by atoms with Crippen LogP contribution in [0.25, 0.3) is 0 Å². The number of hydrogen-bond donors (Lipinski definition) is 0. The summed E-state index contributed by atoms with van der Waals surface area (Å²) in [5.74, 6) is 0.543. The van der Waals surface area contributed by atoms with Crippen LogP contribution in [-0.2, 0) is 11.3 Å². The van der Waals surface area contributed by atoms with E-state index in [9.17, 15) is 9.18 Å². The van der Waals surface area contributed by atoms with Gasteiger partial charge in [0.15, 0.2) is 0 Å². The van der Waals surface area contributed by atoms with Crippen molar-refractivity contribution in [3.63, 3.8) is 0 Å². The first-order valence-electron chi connectivity index (χ1n) is 8.34. The van der Waals surface area contributed by atoms with Crippen molar-refractivity contribution in [3.8, 4) is 0 Å². The molecule has 0 bridgehead atoms. The van der Waals surface area contributed by atoms with Gasteiger partial charge in [-0.25, -0.2) is 14.4 Å². The first-order chi connectivity index (χ1) is 12.1. The smallest absolute Gasteiger partial charge is 0.236 e. The quantitative estimate of drug-likeness (QED) is 0.821. The molecule has 1 aliphatic heterocycles. The minimum Gasteiger partial charge on any atom is -0.338 e. The second-order valence-electron chi connectivity index (χ2n) is 6.22. The van der Waals surface area contributed by atoms with E-state index in [1.54, 1.807) is 24.5 Å². The summed E-state index contributed by atoms with van der Waals surface area (Å²) in [6, 6.07) is 8.26. The van der Waals surface area contributed by atoms with Crippen LogP contribution in [0.1, 0.15) is 5.56 Å². The number of benzene rings is 1. The van der Waals surface area contributed by atoms with Crippen molar-refractivity contribution in [2.45, 2.75) is 6.54 Å². The Balaban J connectivity index is 1.47. The van der Waals surface area contributed by atoms with Crippen LogP contribution < -0.4 is 4.90 Å². The van der Waals surface area contributed by atoms with Gasteiger partial charge in [0.05, 0.1) is 6.54 Å². The Hall–Kier alpha value is -2.54. The van der Waals surface area contributed by atoms with Crippen LogP contribution in [0.4, 0.5) is 10.3 Å². The van der Waals surface area contributed by atoms with Gasteiger partial charge in [0.2, 0.25) is 11.9 Å². The fourth-order valence-electron chi connectivity index (χ4n) is 2.94. The molecular weight excluding hydrogens is 321 g/mol. The Morgan fingerprint density at radius 2 is 1.88 bits per heavy atom. The van der Waals surface area contributed by atoms with E-state index < -0.39 is 0 Å². The highest BCUT2D eigenvalue weighted by atomic mass is 19.1. The SMILES string of the molecule is CN(CC(=O)N1CCN(c2ncccn2)CC1)Cc1cccc(F)c1. The molecule has 0 unspecified atom stereocenters. The van der Waals surface area contributed by atoms with E-state index >= 15 is 0 Å². The molecule has 132 valence electrons. The lowest BCUT2D eigenvalue weighted by molar-refractivity contribution is -0.132. The average molecular weight is 343 g/mol. The van der Waals surface area contributed by atoms with Gasteiger partial charge in [-0.3, -0.25) is 9.69 Å². The molecule has 1 aromatic heterocycles. The maximum absolute atomic E-state index is 13.2. The van der Waals surface area contributed by atoms with Crippen molar-refractivity contribution in [2.75, 3.05) is 44.7 Å². The summed E-state index contributed by atoms with van der Waals surface area (Å²) in [5.41, 5.74) is 0.862. The number of amides is 1. The normalized spacial score (nSPS) is 14.8. The van der Waals surface area contributed by atoms with Crippen LogP contribution in [0.5, 0.6) is 0 Å². The number of anilines is 1. The van der Waals surface area contributed by atoms with Crippen molar-refractivity contribution >= 4 is 11.9 Å². The van der Waals surface area contributed by atoms with Crippen molar-refractivity contribution < 1.29 is 9.18 Å². The predicted octanol–water partition coefficient (Wildman–Crippen LogP) is 1.40. The Morgan fingerprint density at radius 1 is 1.16 bits per heavy atom. The molecule has 0 aliphatic carbocycles. The second kappa shape index (κ2) is 8.02. The maximum Gasteiger partial charge on any atom is 0.236 e. The first-order valence-corrected chi connectivity index (χ1v) is 8.34. The van der Waals surface area contributed by atoms with Crippen LogP contribution >= 0.6 is 0 Å². The summed E-state index contributed by atoms with van der Waals surface area (Å²) in [4.78, 5) is 26.8. The molecule has 1 saturated heterocycles. The summed E-state index contributed by atoms with van der Waals surface area (Å²) in [6.45, 7) is 3.63. The molecule has 25 heavy (non-hydrogen) atoms. The number of halogens is 1. The summed E-state index contributed by atoms with van der Waals surface area (Å²) in [5, 5.41) is 0. The highest BCUT2D eigenvalue weighted by Crippen LogP contribution is 2.11. The van der Waals surface area contributed by atoms with Gasteiger partial charge >= 0.3 is 0 Å². The van der Waals surface area contributed by atoms with Crippen LogP contribution in [0, 0.1) is 5.82 Å². The summed E-state index contributed by atoms with van der Waals surface area (Å²) in [7, 11) is 1.87. The van der Waals surface area contributed by atoms with Gasteiger partial charge in [-0.1, -0.05) is 12.1 Å². The van der Waals surface area contributed by atoms with Gasteiger partial charge in [-0.2, -0.15) is 0 Å². The lowest BCUT2D eigenvalue weighted by Crippen LogP contribution is -2.51. The number of piperazine rings is 1. The zero-order valence-corrected chi connectivity index (χ0v) is 14.3. The Kier molecular flexibility index (Phi) is 5.55. The number of aromatic nitrogens is 2. The topological polar surface area (TPSA) is 52.6 Å². The molecule has 0 saturated carbocycles. The van der Waals surface area contributed by atoms with E-state index in [-0.39, 0.29) is 11.7 Å². The molecule has 0 atom stereocenters.